The van der Waals surface area contributed by atoms with Gasteiger partial charge in [0.25, 0.3) is 11.8 Å². The van der Waals surface area contributed by atoms with E-state index in [4.69, 9.17) is 14.2 Å². The molecule has 0 saturated heterocycles. The van der Waals surface area contributed by atoms with Crippen molar-refractivity contribution in [1.29, 1.82) is 0 Å². The third-order valence-electron chi connectivity index (χ3n) is 7.47. The number of rotatable bonds is 12. The Labute approximate surface area is 272 Å². The lowest BCUT2D eigenvalue weighted by Crippen LogP contribution is -2.33. The van der Waals surface area contributed by atoms with E-state index in [1.54, 1.807) is 44.3 Å². The molecule has 4 aromatic rings. The van der Waals surface area contributed by atoms with E-state index in [9.17, 15) is 14.4 Å². The van der Waals surface area contributed by atoms with Crippen molar-refractivity contribution in [2.75, 3.05) is 11.9 Å². The summed E-state index contributed by atoms with van der Waals surface area (Å²) in [5.41, 5.74) is 7.43. The molecule has 1 unspecified atom stereocenters. The molecule has 2 N–H and O–H groups in total. The van der Waals surface area contributed by atoms with E-state index in [1.165, 1.54) is 16.9 Å². The Kier molecular flexibility index (Phi) is 10.8. The van der Waals surface area contributed by atoms with Gasteiger partial charge in [0.15, 0.2) is 6.10 Å². The fraction of sp³-hybridized carbons (Fsp3) is 0.278. The van der Waals surface area contributed by atoms with Gasteiger partial charge < -0.3 is 19.5 Å². The molecule has 0 bridgehead atoms. The summed E-state index contributed by atoms with van der Waals surface area (Å²) >= 11 is 1.44. The van der Waals surface area contributed by atoms with Crippen LogP contribution in [0.3, 0.4) is 0 Å². The minimum atomic E-state index is -0.834. The van der Waals surface area contributed by atoms with E-state index in [1.807, 2.05) is 43.3 Å². The van der Waals surface area contributed by atoms with Crippen LogP contribution in [0.15, 0.2) is 77.9 Å². The number of hydrogen-bond donors (Lipinski definition) is 2. The van der Waals surface area contributed by atoms with Crippen molar-refractivity contribution in [1.82, 2.24) is 5.43 Å². The van der Waals surface area contributed by atoms with Crippen LogP contribution < -0.4 is 20.2 Å². The van der Waals surface area contributed by atoms with Gasteiger partial charge in [-0.25, -0.2) is 10.2 Å². The molecule has 1 aliphatic carbocycles. The van der Waals surface area contributed by atoms with Gasteiger partial charge in [-0.05, 0) is 112 Å². The minimum Gasteiger partial charge on any atom is -0.489 e. The summed E-state index contributed by atoms with van der Waals surface area (Å²) in [6.07, 6.45) is 4.47. The van der Waals surface area contributed by atoms with E-state index in [0.717, 1.165) is 53.0 Å². The molecule has 0 spiro atoms. The SMILES string of the molecule is CCOC(=O)c1c(NC(=O)c2ccc(OC(C)C(=O)NN=Cc3ccc(OCc4ccc(C)cc4)cc3)cc2)sc2c1CCCC2. The quantitative estimate of drug-likeness (QED) is 0.0994. The number of hydrazone groups is 1. The molecule has 9 nitrogen and oxygen atoms in total. The average molecular weight is 640 g/mol. The zero-order chi connectivity index (χ0) is 32.5. The molecule has 0 saturated carbocycles. The van der Waals surface area contributed by atoms with Crippen LogP contribution in [0.2, 0.25) is 0 Å². The molecule has 1 aromatic heterocycles. The third kappa shape index (κ3) is 8.39. The van der Waals surface area contributed by atoms with Crippen molar-refractivity contribution in [3.63, 3.8) is 0 Å². The molecule has 1 atom stereocenters. The number of carbonyl (C=O) groups excluding carboxylic acids is 3. The van der Waals surface area contributed by atoms with Gasteiger partial charge in [0.2, 0.25) is 0 Å². The first-order valence-corrected chi connectivity index (χ1v) is 16.1. The monoisotopic (exact) mass is 639 g/mol. The summed E-state index contributed by atoms with van der Waals surface area (Å²) in [5.74, 6) is -0.0252. The molecule has 238 valence electrons. The zero-order valence-corrected chi connectivity index (χ0v) is 26.9. The molecular weight excluding hydrogens is 602 g/mol. The number of nitrogens with zero attached hydrogens (tertiary/aromatic N) is 1. The Morgan fingerprint density at radius 2 is 1.63 bits per heavy atom. The second-order valence-electron chi connectivity index (χ2n) is 11.0. The van der Waals surface area contributed by atoms with Gasteiger partial charge in [-0.15, -0.1) is 11.3 Å². The molecule has 0 aliphatic heterocycles. The number of anilines is 1. The zero-order valence-electron chi connectivity index (χ0n) is 26.1. The standard InChI is InChI=1S/C36H37N3O6S/c1-4-43-36(42)32-30-7-5-6-8-31(30)46-35(32)38-34(41)27-15-19-29(20-16-27)45-24(3)33(40)39-37-21-25-13-17-28(18-14-25)44-22-26-11-9-23(2)10-12-26/h9-21,24H,4-8,22H2,1-3H3,(H,38,41)(H,39,40). The van der Waals surface area contributed by atoms with E-state index < -0.39 is 18.0 Å². The van der Waals surface area contributed by atoms with Crippen LogP contribution in [0.1, 0.15) is 74.5 Å². The van der Waals surface area contributed by atoms with E-state index in [2.05, 4.69) is 28.0 Å². The number of aryl methyl sites for hydroxylation is 2. The smallest absolute Gasteiger partial charge is 0.341 e. The average Bonchev–Trinajstić information content (AvgIpc) is 3.43. The fourth-order valence-corrected chi connectivity index (χ4v) is 6.23. The predicted molar refractivity (Wildman–Crippen MR) is 179 cm³/mol. The van der Waals surface area contributed by atoms with Gasteiger partial charge in [-0.3, -0.25) is 9.59 Å². The van der Waals surface area contributed by atoms with Crippen molar-refractivity contribution >= 4 is 40.3 Å². The Balaban J connectivity index is 1.10. The molecule has 46 heavy (non-hydrogen) atoms. The number of carbonyl (C=O) groups is 3. The van der Waals surface area contributed by atoms with Crippen molar-refractivity contribution < 1.29 is 28.6 Å². The van der Waals surface area contributed by atoms with Crippen LogP contribution >= 0.6 is 11.3 Å². The van der Waals surface area contributed by atoms with Crippen molar-refractivity contribution in [2.24, 2.45) is 5.10 Å². The maximum Gasteiger partial charge on any atom is 0.341 e. The van der Waals surface area contributed by atoms with Gasteiger partial charge >= 0.3 is 5.97 Å². The first-order chi connectivity index (χ1) is 22.3. The van der Waals surface area contributed by atoms with Gasteiger partial charge in [0.1, 0.15) is 23.1 Å². The lowest BCUT2D eigenvalue weighted by molar-refractivity contribution is -0.127. The number of ether oxygens (including phenoxy) is 3. The van der Waals surface area contributed by atoms with E-state index >= 15 is 0 Å². The summed E-state index contributed by atoms with van der Waals surface area (Å²) in [7, 11) is 0. The highest BCUT2D eigenvalue weighted by atomic mass is 32.1. The maximum absolute atomic E-state index is 13.1. The van der Waals surface area contributed by atoms with E-state index in [0.29, 0.717) is 28.5 Å². The largest absolute Gasteiger partial charge is 0.489 e. The lowest BCUT2D eigenvalue weighted by Gasteiger charge is -2.13. The maximum atomic E-state index is 13.1. The summed E-state index contributed by atoms with van der Waals surface area (Å²) in [6.45, 7) is 6.17. The molecule has 10 heteroatoms. The first kappa shape index (κ1) is 32.4. The molecule has 3 aromatic carbocycles. The molecule has 5 rings (SSSR count). The fourth-order valence-electron chi connectivity index (χ4n) is 4.95. The molecule has 2 amide bonds. The summed E-state index contributed by atoms with van der Waals surface area (Å²) in [4.78, 5) is 39.5. The molecule has 1 heterocycles. The Morgan fingerprint density at radius 1 is 0.935 bits per heavy atom. The molecule has 0 fully saturated rings. The van der Waals surface area contributed by atoms with Crippen molar-refractivity contribution in [3.8, 4) is 11.5 Å². The highest BCUT2D eigenvalue weighted by Crippen LogP contribution is 2.39. The van der Waals surface area contributed by atoms with Crippen LogP contribution in [-0.4, -0.2) is 36.7 Å². The number of thiophene rings is 1. The Hall–Kier alpha value is -4.96. The van der Waals surface area contributed by atoms with Crippen LogP contribution in [0, 0.1) is 6.92 Å². The molecule has 1 aliphatic rings. The van der Waals surface area contributed by atoms with Gasteiger partial charge in [-0.2, -0.15) is 5.10 Å². The van der Waals surface area contributed by atoms with Crippen molar-refractivity contribution in [3.05, 3.63) is 111 Å². The second-order valence-corrected chi connectivity index (χ2v) is 12.1. The predicted octanol–water partition coefficient (Wildman–Crippen LogP) is 6.86. The number of fused-ring (bicyclic) bond motifs is 1. The number of esters is 1. The van der Waals surface area contributed by atoms with Gasteiger partial charge in [-0.1, -0.05) is 29.8 Å². The second kappa shape index (κ2) is 15.4. The molecule has 0 radical (unpaired) electrons. The Morgan fingerprint density at radius 3 is 2.35 bits per heavy atom. The number of benzene rings is 3. The highest BCUT2D eigenvalue weighted by molar-refractivity contribution is 7.17. The summed E-state index contributed by atoms with van der Waals surface area (Å²) < 4.78 is 16.9. The normalized spacial score (nSPS) is 13.0. The first-order valence-electron chi connectivity index (χ1n) is 15.3. The molecular formula is C36H37N3O6S. The number of hydrogen-bond acceptors (Lipinski definition) is 8. The number of nitrogens with one attached hydrogen (secondary N) is 2. The Bertz CT molecular complexity index is 1700. The van der Waals surface area contributed by atoms with Gasteiger partial charge in [0.05, 0.1) is 18.4 Å². The third-order valence-corrected chi connectivity index (χ3v) is 8.68. The van der Waals surface area contributed by atoms with Crippen LogP contribution in [0.5, 0.6) is 11.5 Å². The summed E-state index contributed by atoms with van der Waals surface area (Å²) in [6, 6.07) is 22.0. The van der Waals surface area contributed by atoms with Crippen LogP contribution in [-0.2, 0) is 29.0 Å². The van der Waals surface area contributed by atoms with Crippen molar-refractivity contribution in [2.45, 2.75) is 59.2 Å². The van der Waals surface area contributed by atoms with Crippen LogP contribution in [0.25, 0.3) is 0 Å². The van der Waals surface area contributed by atoms with E-state index in [-0.39, 0.29) is 12.5 Å². The van der Waals surface area contributed by atoms with Gasteiger partial charge in [0, 0.05) is 10.4 Å². The van der Waals surface area contributed by atoms with Crippen LogP contribution in [0.4, 0.5) is 5.00 Å². The minimum absolute atomic E-state index is 0.264. The summed E-state index contributed by atoms with van der Waals surface area (Å²) in [5, 5.41) is 7.46. The number of amides is 2. The lowest BCUT2D eigenvalue weighted by atomic mass is 9.95. The topological polar surface area (TPSA) is 115 Å². The highest BCUT2D eigenvalue weighted by Gasteiger charge is 2.27.